The molecule has 0 saturated carbocycles. The van der Waals surface area contributed by atoms with E-state index < -0.39 is 0 Å². The Bertz CT molecular complexity index is 430. The van der Waals surface area contributed by atoms with Crippen LogP contribution in [0.5, 0.6) is 0 Å². The maximum atomic E-state index is 10.7. The molecule has 0 fully saturated rings. The van der Waals surface area contributed by atoms with Gasteiger partial charge < -0.3 is 10.1 Å². The van der Waals surface area contributed by atoms with Gasteiger partial charge in [-0.1, -0.05) is 6.07 Å². The molecule has 1 N–H and O–H groups in total. The Hall–Kier alpha value is -1.62. The van der Waals surface area contributed by atoms with Crippen molar-refractivity contribution in [2.24, 2.45) is 0 Å². The number of rotatable bonds is 6. The van der Waals surface area contributed by atoms with Crippen LogP contribution in [0.25, 0.3) is 0 Å². The van der Waals surface area contributed by atoms with Crippen LogP contribution in [0.3, 0.4) is 0 Å². The summed E-state index contributed by atoms with van der Waals surface area (Å²) in [7, 11) is 1.68. The van der Waals surface area contributed by atoms with E-state index in [-0.39, 0.29) is 16.2 Å². The summed E-state index contributed by atoms with van der Waals surface area (Å²) < 4.78 is 5.32. The van der Waals surface area contributed by atoms with Gasteiger partial charge in [-0.25, -0.2) is 0 Å². The number of nitro benzene ring substituents is 1. The minimum Gasteiger partial charge on any atom is -0.385 e. The predicted octanol–water partition coefficient (Wildman–Crippen LogP) is 3.13. The summed E-state index contributed by atoms with van der Waals surface area (Å²) in [6.45, 7) is 6.65. The van der Waals surface area contributed by atoms with Crippen molar-refractivity contribution in [3.05, 3.63) is 33.9 Å². The average molecular weight is 252 g/mol. The molecule has 0 unspecified atom stereocenters. The summed E-state index contributed by atoms with van der Waals surface area (Å²) in [5, 5.41) is 13.9. The van der Waals surface area contributed by atoms with Gasteiger partial charge in [0.05, 0.1) is 10.5 Å². The third-order valence-electron chi connectivity index (χ3n) is 3.03. The van der Waals surface area contributed by atoms with Gasteiger partial charge in [0.15, 0.2) is 0 Å². The lowest BCUT2D eigenvalue weighted by atomic mass is 10.1. The molecule has 1 rings (SSSR count). The van der Waals surface area contributed by atoms with Crippen LogP contribution in [0, 0.1) is 17.0 Å². The van der Waals surface area contributed by atoms with Crippen LogP contribution < -0.4 is 5.32 Å². The standard InChI is InChI=1S/C13H20N2O3/c1-10-5-6-11(15(16)17)9-12(10)14-8-7-13(2,3)18-4/h5-6,9,14H,7-8H2,1-4H3. The van der Waals surface area contributed by atoms with Gasteiger partial charge in [0.1, 0.15) is 0 Å². The number of anilines is 1. The molecule has 0 aliphatic carbocycles. The van der Waals surface area contributed by atoms with E-state index in [1.54, 1.807) is 19.2 Å². The molecule has 0 amide bonds. The van der Waals surface area contributed by atoms with Crippen LogP contribution in [0.4, 0.5) is 11.4 Å². The van der Waals surface area contributed by atoms with E-state index in [0.29, 0.717) is 6.54 Å². The maximum absolute atomic E-state index is 10.7. The van der Waals surface area contributed by atoms with Crippen LogP contribution in [-0.2, 0) is 4.74 Å². The Balaban J connectivity index is 2.67. The van der Waals surface area contributed by atoms with E-state index in [4.69, 9.17) is 4.74 Å². The quantitative estimate of drug-likeness (QED) is 0.624. The van der Waals surface area contributed by atoms with Gasteiger partial charge in [-0.3, -0.25) is 10.1 Å². The molecule has 0 aliphatic rings. The normalized spacial score (nSPS) is 11.3. The second kappa shape index (κ2) is 5.82. The van der Waals surface area contributed by atoms with Crippen molar-refractivity contribution in [1.29, 1.82) is 0 Å². The lowest BCUT2D eigenvalue weighted by molar-refractivity contribution is -0.384. The molecule has 100 valence electrons. The highest BCUT2D eigenvalue weighted by atomic mass is 16.6. The number of methoxy groups -OCH3 is 1. The summed E-state index contributed by atoms with van der Waals surface area (Å²) in [6.07, 6.45) is 0.825. The zero-order valence-corrected chi connectivity index (χ0v) is 11.3. The van der Waals surface area contributed by atoms with Crippen molar-refractivity contribution >= 4 is 11.4 Å². The topological polar surface area (TPSA) is 64.4 Å². The second-order valence-electron chi connectivity index (χ2n) is 4.90. The smallest absolute Gasteiger partial charge is 0.271 e. The van der Waals surface area contributed by atoms with Crippen LogP contribution in [0.15, 0.2) is 18.2 Å². The van der Waals surface area contributed by atoms with Crippen LogP contribution in [0.2, 0.25) is 0 Å². The summed E-state index contributed by atoms with van der Waals surface area (Å²) in [5.41, 5.74) is 1.71. The molecule has 1 aromatic carbocycles. The molecule has 0 heterocycles. The van der Waals surface area contributed by atoms with Crippen molar-refractivity contribution in [3.8, 4) is 0 Å². The first-order valence-electron chi connectivity index (χ1n) is 5.90. The van der Waals surface area contributed by atoms with Gasteiger partial charge in [-0.2, -0.15) is 0 Å². The van der Waals surface area contributed by atoms with Gasteiger partial charge in [-0.15, -0.1) is 0 Å². The van der Waals surface area contributed by atoms with Crippen molar-refractivity contribution in [3.63, 3.8) is 0 Å². The number of ether oxygens (including phenoxy) is 1. The highest BCUT2D eigenvalue weighted by Gasteiger charge is 2.16. The molecule has 0 spiro atoms. The molecule has 1 aromatic rings. The molecular formula is C13H20N2O3. The number of hydrogen-bond acceptors (Lipinski definition) is 4. The highest BCUT2D eigenvalue weighted by Crippen LogP contribution is 2.22. The minimum atomic E-state index is -0.385. The first kappa shape index (κ1) is 14.4. The highest BCUT2D eigenvalue weighted by molar-refractivity contribution is 5.56. The van der Waals surface area contributed by atoms with E-state index in [1.807, 2.05) is 20.8 Å². The van der Waals surface area contributed by atoms with E-state index in [1.165, 1.54) is 6.07 Å². The third kappa shape index (κ3) is 4.00. The Morgan fingerprint density at radius 1 is 1.44 bits per heavy atom. The molecule has 0 saturated heterocycles. The summed E-state index contributed by atoms with van der Waals surface area (Å²) in [6, 6.07) is 4.83. The summed E-state index contributed by atoms with van der Waals surface area (Å²) in [4.78, 5) is 10.3. The van der Waals surface area contributed by atoms with Crippen LogP contribution in [-0.4, -0.2) is 24.2 Å². The Labute approximate surface area is 107 Å². The zero-order chi connectivity index (χ0) is 13.8. The number of hydrogen-bond donors (Lipinski definition) is 1. The minimum absolute atomic E-state index is 0.106. The maximum Gasteiger partial charge on any atom is 0.271 e. The number of non-ortho nitro benzene ring substituents is 1. The fourth-order valence-corrected chi connectivity index (χ4v) is 1.51. The van der Waals surface area contributed by atoms with Gasteiger partial charge in [0.2, 0.25) is 0 Å². The Morgan fingerprint density at radius 3 is 2.67 bits per heavy atom. The van der Waals surface area contributed by atoms with Gasteiger partial charge in [-0.05, 0) is 32.8 Å². The molecule has 5 nitrogen and oxygen atoms in total. The van der Waals surface area contributed by atoms with Crippen molar-refractivity contribution in [2.45, 2.75) is 32.8 Å². The van der Waals surface area contributed by atoms with E-state index in [0.717, 1.165) is 17.7 Å². The molecule has 18 heavy (non-hydrogen) atoms. The predicted molar refractivity (Wildman–Crippen MR) is 72.0 cm³/mol. The molecule has 0 bridgehead atoms. The van der Waals surface area contributed by atoms with Crippen molar-refractivity contribution in [2.75, 3.05) is 19.0 Å². The number of benzene rings is 1. The molecule has 5 heteroatoms. The molecule has 0 radical (unpaired) electrons. The van der Waals surface area contributed by atoms with E-state index in [2.05, 4.69) is 5.32 Å². The fraction of sp³-hybridized carbons (Fsp3) is 0.538. The first-order valence-corrected chi connectivity index (χ1v) is 5.90. The lowest BCUT2D eigenvalue weighted by Crippen LogP contribution is -2.25. The molecule has 0 atom stereocenters. The molecular weight excluding hydrogens is 232 g/mol. The van der Waals surface area contributed by atoms with Crippen LogP contribution in [0.1, 0.15) is 25.8 Å². The van der Waals surface area contributed by atoms with E-state index >= 15 is 0 Å². The molecule has 0 aromatic heterocycles. The van der Waals surface area contributed by atoms with Crippen LogP contribution >= 0.6 is 0 Å². The number of nitrogens with one attached hydrogen (secondary N) is 1. The third-order valence-corrected chi connectivity index (χ3v) is 3.03. The largest absolute Gasteiger partial charge is 0.385 e. The van der Waals surface area contributed by atoms with Gasteiger partial charge in [0.25, 0.3) is 5.69 Å². The van der Waals surface area contributed by atoms with Gasteiger partial charge in [0, 0.05) is 31.5 Å². The second-order valence-corrected chi connectivity index (χ2v) is 4.90. The zero-order valence-electron chi connectivity index (χ0n) is 11.3. The Kier molecular flexibility index (Phi) is 4.67. The van der Waals surface area contributed by atoms with Crippen molar-refractivity contribution in [1.82, 2.24) is 0 Å². The average Bonchev–Trinajstić information content (AvgIpc) is 2.31. The van der Waals surface area contributed by atoms with Gasteiger partial charge >= 0.3 is 0 Å². The monoisotopic (exact) mass is 252 g/mol. The summed E-state index contributed by atoms with van der Waals surface area (Å²) in [5.74, 6) is 0. The number of nitrogens with zero attached hydrogens (tertiary/aromatic N) is 1. The number of nitro groups is 1. The fourth-order valence-electron chi connectivity index (χ4n) is 1.51. The summed E-state index contributed by atoms with van der Waals surface area (Å²) >= 11 is 0. The lowest BCUT2D eigenvalue weighted by Gasteiger charge is -2.23. The number of aryl methyl sites for hydroxylation is 1. The first-order chi connectivity index (χ1) is 8.35. The van der Waals surface area contributed by atoms with E-state index in [9.17, 15) is 10.1 Å². The Morgan fingerprint density at radius 2 is 2.11 bits per heavy atom. The SMILES string of the molecule is COC(C)(C)CCNc1cc([N+](=O)[O-])ccc1C. The van der Waals surface area contributed by atoms with Crippen molar-refractivity contribution < 1.29 is 9.66 Å². The molecule has 0 aliphatic heterocycles.